The van der Waals surface area contributed by atoms with Crippen molar-refractivity contribution in [3.8, 4) is 5.75 Å². The van der Waals surface area contributed by atoms with Crippen LogP contribution < -0.4 is 4.74 Å². The second kappa shape index (κ2) is 9.67. The molecule has 32 heavy (non-hydrogen) atoms. The predicted octanol–water partition coefficient (Wildman–Crippen LogP) is 4.86. The third-order valence-corrected chi connectivity index (χ3v) is 8.87. The van der Waals surface area contributed by atoms with Crippen molar-refractivity contribution in [2.75, 3.05) is 26.7 Å². The minimum atomic E-state index is -3.74. The minimum Gasteiger partial charge on any atom is -0.489 e. The van der Waals surface area contributed by atoms with E-state index in [1.165, 1.54) is 29.3 Å². The number of nitrogens with zero attached hydrogens (tertiary/aromatic N) is 2. The molecule has 0 radical (unpaired) electrons. The maximum absolute atomic E-state index is 13.6. The van der Waals surface area contributed by atoms with Crippen molar-refractivity contribution >= 4 is 21.6 Å². The molecule has 5 nitrogen and oxygen atoms in total. The van der Waals surface area contributed by atoms with Crippen molar-refractivity contribution in [2.24, 2.45) is 5.92 Å². The molecule has 0 aromatic heterocycles. The second-order valence-electron chi connectivity index (χ2n) is 8.99. The van der Waals surface area contributed by atoms with Crippen molar-refractivity contribution in [3.63, 3.8) is 0 Å². The van der Waals surface area contributed by atoms with E-state index in [0.29, 0.717) is 22.9 Å². The molecule has 8 heteroatoms. The van der Waals surface area contributed by atoms with E-state index in [4.69, 9.17) is 16.3 Å². The Morgan fingerprint density at radius 3 is 2.62 bits per heavy atom. The summed E-state index contributed by atoms with van der Waals surface area (Å²) >= 11 is 6.62. The zero-order chi connectivity index (χ0) is 22.9. The zero-order valence-corrected chi connectivity index (χ0v) is 20.1. The lowest BCUT2D eigenvalue weighted by Crippen LogP contribution is -2.42. The molecule has 2 fully saturated rings. The summed E-state index contributed by atoms with van der Waals surface area (Å²) in [4.78, 5) is 2.43. The Kier molecular flexibility index (Phi) is 7.10. The highest BCUT2D eigenvalue weighted by Crippen LogP contribution is 2.37. The van der Waals surface area contributed by atoms with Crippen molar-refractivity contribution in [2.45, 2.75) is 50.2 Å². The molecule has 1 heterocycles. The Morgan fingerprint density at radius 2 is 1.91 bits per heavy atom. The number of likely N-dealkylation sites (tertiary alicyclic amines) is 1. The van der Waals surface area contributed by atoms with Crippen LogP contribution in [0.2, 0.25) is 5.02 Å². The van der Waals surface area contributed by atoms with Gasteiger partial charge >= 0.3 is 0 Å². The molecule has 0 amide bonds. The summed E-state index contributed by atoms with van der Waals surface area (Å²) in [5.74, 6) is 0.340. The molecule has 1 aliphatic heterocycles. The van der Waals surface area contributed by atoms with Crippen LogP contribution >= 0.6 is 11.6 Å². The van der Waals surface area contributed by atoms with Crippen LogP contribution in [0.5, 0.6) is 5.75 Å². The standard InChI is InChI=1S/C24H30ClFN2O3S/c1-17-8-9-20(26)14-23(17)32(29,30)27(2)15-18-12-21(13-18)31-22-7-5-6-19(24(22)25)16-28-10-3-4-11-28/h5-9,14,18,21H,3-4,10-13,15-16H2,1-2H3. The first-order chi connectivity index (χ1) is 15.2. The fourth-order valence-electron chi connectivity index (χ4n) is 4.53. The molecule has 2 aromatic rings. The fourth-order valence-corrected chi connectivity index (χ4v) is 6.24. The van der Waals surface area contributed by atoms with Crippen LogP contribution in [-0.4, -0.2) is 50.4 Å². The molecule has 0 unspecified atom stereocenters. The first-order valence-electron chi connectivity index (χ1n) is 11.1. The molecule has 0 atom stereocenters. The molecule has 1 aliphatic carbocycles. The normalized spacial score (nSPS) is 21.7. The number of sulfonamides is 1. The molecular weight excluding hydrogens is 451 g/mol. The molecular formula is C24H30ClFN2O3S. The number of benzene rings is 2. The Labute approximate surface area is 195 Å². The lowest BCUT2D eigenvalue weighted by Gasteiger charge is -2.37. The summed E-state index contributed by atoms with van der Waals surface area (Å²) in [6.45, 7) is 5.11. The van der Waals surface area contributed by atoms with E-state index in [9.17, 15) is 12.8 Å². The van der Waals surface area contributed by atoms with Crippen LogP contribution in [0.3, 0.4) is 0 Å². The lowest BCUT2D eigenvalue weighted by molar-refractivity contribution is 0.0575. The van der Waals surface area contributed by atoms with E-state index >= 15 is 0 Å². The molecule has 2 aliphatic rings. The molecule has 174 valence electrons. The van der Waals surface area contributed by atoms with Gasteiger partial charge < -0.3 is 4.74 Å². The van der Waals surface area contributed by atoms with Gasteiger partial charge in [-0.05, 0) is 80.9 Å². The van der Waals surface area contributed by atoms with Gasteiger partial charge in [0.05, 0.1) is 16.0 Å². The Hall–Kier alpha value is -1.67. The van der Waals surface area contributed by atoms with Gasteiger partial charge in [-0.3, -0.25) is 4.90 Å². The van der Waals surface area contributed by atoms with Gasteiger partial charge in [0, 0.05) is 20.1 Å². The van der Waals surface area contributed by atoms with Crippen LogP contribution in [0.25, 0.3) is 0 Å². The molecule has 0 bridgehead atoms. The van der Waals surface area contributed by atoms with Gasteiger partial charge in [0.15, 0.2) is 0 Å². The number of rotatable bonds is 8. The summed E-state index contributed by atoms with van der Waals surface area (Å²) in [6.07, 6.45) is 4.01. The zero-order valence-electron chi connectivity index (χ0n) is 18.6. The monoisotopic (exact) mass is 480 g/mol. The van der Waals surface area contributed by atoms with E-state index in [1.54, 1.807) is 14.0 Å². The van der Waals surface area contributed by atoms with E-state index in [2.05, 4.69) is 4.90 Å². The number of ether oxygens (including phenoxy) is 1. The van der Waals surface area contributed by atoms with Gasteiger partial charge in [-0.2, -0.15) is 0 Å². The van der Waals surface area contributed by atoms with Crippen molar-refractivity contribution < 1.29 is 17.5 Å². The second-order valence-corrected chi connectivity index (χ2v) is 11.4. The molecule has 4 rings (SSSR count). The number of hydrogen-bond donors (Lipinski definition) is 0. The highest BCUT2D eigenvalue weighted by molar-refractivity contribution is 7.89. The van der Waals surface area contributed by atoms with Gasteiger partial charge in [0.2, 0.25) is 10.0 Å². The maximum Gasteiger partial charge on any atom is 0.243 e. The van der Waals surface area contributed by atoms with Gasteiger partial charge in [-0.25, -0.2) is 17.1 Å². The highest BCUT2D eigenvalue weighted by Gasteiger charge is 2.35. The predicted molar refractivity (Wildman–Crippen MR) is 124 cm³/mol. The summed E-state index contributed by atoms with van der Waals surface area (Å²) in [7, 11) is -2.19. The minimum absolute atomic E-state index is 0.0200. The van der Waals surface area contributed by atoms with Gasteiger partial charge in [-0.1, -0.05) is 29.8 Å². The van der Waals surface area contributed by atoms with Gasteiger partial charge in [-0.15, -0.1) is 0 Å². The van der Waals surface area contributed by atoms with Crippen molar-refractivity contribution in [3.05, 3.63) is 58.4 Å². The van der Waals surface area contributed by atoms with Crippen molar-refractivity contribution in [1.29, 1.82) is 0 Å². The topological polar surface area (TPSA) is 49.9 Å². The van der Waals surface area contributed by atoms with Gasteiger partial charge in [0.1, 0.15) is 11.6 Å². The molecule has 1 saturated heterocycles. The smallest absolute Gasteiger partial charge is 0.243 e. The third kappa shape index (κ3) is 5.11. The first-order valence-corrected chi connectivity index (χ1v) is 12.9. The lowest BCUT2D eigenvalue weighted by atomic mass is 9.82. The van der Waals surface area contributed by atoms with E-state index in [1.807, 2.05) is 18.2 Å². The van der Waals surface area contributed by atoms with Crippen LogP contribution in [0, 0.1) is 18.7 Å². The quantitative estimate of drug-likeness (QED) is 0.541. The molecule has 2 aromatic carbocycles. The third-order valence-electron chi connectivity index (χ3n) is 6.48. The Balaban J connectivity index is 1.32. The molecule has 1 saturated carbocycles. The average Bonchev–Trinajstić information content (AvgIpc) is 3.23. The van der Waals surface area contributed by atoms with Crippen LogP contribution in [0.15, 0.2) is 41.3 Å². The average molecular weight is 481 g/mol. The summed E-state index contributed by atoms with van der Waals surface area (Å²) in [5, 5.41) is 0.670. The van der Waals surface area contributed by atoms with Gasteiger partial charge in [0.25, 0.3) is 0 Å². The Bertz CT molecular complexity index is 1070. The molecule has 0 N–H and O–H groups in total. The highest BCUT2D eigenvalue weighted by atomic mass is 35.5. The van der Waals surface area contributed by atoms with Crippen molar-refractivity contribution in [1.82, 2.24) is 9.21 Å². The largest absolute Gasteiger partial charge is 0.489 e. The maximum atomic E-state index is 13.6. The molecule has 0 spiro atoms. The summed E-state index contributed by atoms with van der Waals surface area (Å²) < 4.78 is 46.8. The fraction of sp³-hybridized carbons (Fsp3) is 0.500. The van der Waals surface area contributed by atoms with E-state index in [-0.39, 0.29) is 16.9 Å². The van der Waals surface area contributed by atoms with Crippen LogP contribution in [0.4, 0.5) is 4.39 Å². The summed E-state index contributed by atoms with van der Waals surface area (Å²) in [5.41, 5.74) is 1.62. The number of hydrogen-bond acceptors (Lipinski definition) is 4. The summed E-state index contributed by atoms with van der Waals surface area (Å²) in [6, 6.07) is 9.77. The van der Waals surface area contributed by atoms with Crippen LogP contribution in [0.1, 0.15) is 36.8 Å². The first kappa shape index (κ1) is 23.5. The Morgan fingerprint density at radius 1 is 1.19 bits per heavy atom. The van der Waals surface area contributed by atoms with E-state index in [0.717, 1.165) is 44.1 Å². The SMILES string of the molecule is Cc1ccc(F)cc1S(=O)(=O)N(C)CC1CC(Oc2cccc(CN3CCCC3)c2Cl)C1. The number of halogens is 2. The van der Waals surface area contributed by atoms with E-state index < -0.39 is 15.8 Å². The number of aryl methyl sites for hydroxylation is 1. The van der Waals surface area contributed by atoms with Crippen LogP contribution in [-0.2, 0) is 16.6 Å².